The molecule has 0 fully saturated rings. The van der Waals surface area contributed by atoms with E-state index in [9.17, 15) is 4.39 Å². The Balaban J connectivity index is 2.70. The van der Waals surface area contributed by atoms with Crippen molar-refractivity contribution in [2.24, 2.45) is 5.84 Å². The molecule has 96 valence electrons. The zero-order valence-corrected chi connectivity index (χ0v) is 10.8. The minimum absolute atomic E-state index is 0.0196. The van der Waals surface area contributed by atoms with Gasteiger partial charge in [0.05, 0.1) is 17.2 Å². The van der Waals surface area contributed by atoms with Gasteiger partial charge in [-0.05, 0) is 38.0 Å². The first-order chi connectivity index (χ1) is 8.08. The highest BCUT2D eigenvalue weighted by Crippen LogP contribution is 2.17. The summed E-state index contributed by atoms with van der Waals surface area (Å²) in [7, 11) is 0. The molecule has 1 aromatic rings. The maximum absolute atomic E-state index is 13.0. The van der Waals surface area contributed by atoms with Crippen LogP contribution in [0.3, 0.4) is 0 Å². The van der Waals surface area contributed by atoms with E-state index in [1.54, 1.807) is 12.1 Å². The third kappa shape index (κ3) is 4.24. The van der Waals surface area contributed by atoms with E-state index >= 15 is 0 Å². The Labute approximate surface area is 106 Å². The summed E-state index contributed by atoms with van der Waals surface area (Å²) in [5.74, 6) is 5.07. The van der Waals surface area contributed by atoms with Crippen molar-refractivity contribution >= 4 is 11.6 Å². The molecule has 0 saturated heterocycles. The van der Waals surface area contributed by atoms with Gasteiger partial charge in [-0.1, -0.05) is 17.7 Å². The second kappa shape index (κ2) is 6.91. The monoisotopic (exact) mass is 260 g/mol. The number of nitrogens with one attached hydrogen (secondary N) is 1. The molecule has 17 heavy (non-hydrogen) atoms. The quantitative estimate of drug-likeness (QED) is 0.609. The van der Waals surface area contributed by atoms with Crippen LogP contribution in [0.1, 0.15) is 19.4 Å². The molecule has 0 aliphatic carbocycles. The van der Waals surface area contributed by atoms with E-state index in [0.717, 1.165) is 5.56 Å². The van der Waals surface area contributed by atoms with E-state index in [1.165, 1.54) is 6.07 Å². The SMILES string of the molecule is CCOC(C)C(Cc1ccc(F)c(Cl)c1)NN. The molecule has 0 saturated carbocycles. The highest BCUT2D eigenvalue weighted by molar-refractivity contribution is 6.30. The normalized spacial score (nSPS) is 14.6. The fourth-order valence-electron chi connectivity index (χ4n) is 1.66. The lowest BCUT2D eigenvalue weighted by atomic mass is 10.0. The number of ether oxygens (including phenoxy) is 1. The Bertz CT molecular complexity index is 362. The first-order valence-corrected chi connectivity index (χ1v) is 5.98. The first kappa shape index (κ1) is 14.4. The van der Waals surface area contributed by atoms with Gasteiger partial charge in [0.2, 0.25) is 0 Å². The van der Waals surface area contributed by atoms with Gasteiger partial charge in [0.15, 0.2) is 0 Å². The second-order valence-electron chi connectivity index (χ2n) is 3.89. The first-order valence-electron chi connectivity index (χ1n) is 5.60. The molecule has 1 rings (SSSR count). The minimum atomic E-state index is -0.412. The Kier molecular flexibility index (Phi) is 5.85. The molecule has 0 aliphatic rings. The van der Waals surface area contributed by atoms with Gasteiger partial charge in [-0.2, -0.15) is 0 Å². The van der Waals surface area contributed by atoms with Crippen LogP contribution in [0, 0.1) is 5.82 Å². The van der Waals surface area contributed by atoms with Crippen molar-refractivity contribution < 1.29 is 9.13 Å². The van der Waals surface area contributed by atoms with Crippen LogP contribution in [0.15, 0.2) is 18.2 Å². The van der Waals surface area contributed by atoms with Gasteiger partial charge in [-0.3, -0.25) is 11.3 Å². The van der Waals surface area contributed by atoms with Crippen LogP contribution < -0.4 is 11.3 Å². The zero-order valence-electron chi connectivity index (χ0n) is 10.0. The summed E-state index contributed by atoms with van der Waals surface area (Å²) in [5.41, 5.74) is 3.63. The second-order valence-corrected chi connectivity index (χ2v) is 4.29. The zero-order chi connectivity index (χ0) is 12.8. The number of nitrogens with two attached hydrogens (primary N) is 1. The molecule has 0 bridgehead atoms. The highest BCUT2D eigenvalue weighted by Gasteiger charge is 2.16. The van der Waals surface area contributed by atoms with Crippen molar-refractivity contribution in [2.75, 3.05) is 6.61 Å². The van der Waals surface area contributed by atoms with Gasteiger partial charge >= 0.3 is 0 Å². The van der Waals surface area contributed by atoms with Crippen LogP contribution in [0.4, 0.5) is 4.39 Å². The van der Waals surface area contributed by atoms with Crippen molar-refractivity contribution in [2.45, 2.75) is 32.4 Å². The maximum atomic E-state index is 13.0. The summed E-state index contributed by atoms with van der Waals surface area (Å²) in [6, 6.07) is 4.64. The lowest BCUT2D eigenvalue weighted by Gasteiger charge is -2.23. The molecule has 3 N–H and O–H groups in total. The molecular formula is C12H18ClFN2O. The van der Waals surface area contributed by atoms with Crippen molar-refractivity contribution in [3.05, 3.63) is 34.6 Å². The molecule has 0 aromatic heterocycles. The predicted molar refractivity (Wildman–Crippen MR) is 67.3 cm³/mol. The van der Waals surface area contributed by atoms with Gasteiger partial charge in [-0.15, -0.1) is 0 Å². The number of rotatable bonds is 6. The highest BCUT2D eigenvalue weighted by atomic mass is 35.5. The van der Waals surface area contributed by atoms with E-state index in [0.29, 0.717) is 13.0 Å². The summed E-state index contributed by atoms with van der Waals surface area (Å²) in [6.45, 7) is 4.50. The maximum Gasteiger partial charge on any atom is 0.141 e. The van der Waals surface area contributed by atoms with E-state index in [4.69, 9.17) is 22.2 Å². The number of hydrogen-bond acceptors (Lipinski definition) is 3. The minimum Gasteiger partial charge on any atom is -0.377 e. The molecular weight excluding hydrogens is 243 g/mol. The fourth-order valence-corrected chi connectivity index (χ4v) is 1.86. The van der Waals surface area contributed by atoms with Crippen molar-refractivity contribution in [3.8, 4) is 0 Å². The summed E-state index contributed by atoms with van der Waals surface area (Å²) in [6.07, 6.45) is 0.617. The van der Waals surface area contributed by atoms with E-state index in [2.05, 4.69) is 5.43 Å². The smallest absolute Gasteiger partial charge is 0.141 e. The van der Waals surface area contributed by atoms with Crippen molar-refractivity contribution in [1.29, 1.82) is 0 Å². The van der Waals surface area contributed by atoms with Crippen LogP contribution in [-0.2, 0) is 11.2 Å². The standard InChI is InChI=1S/C12H18ClFN2O/c1-3-17-8(2)12(16-15)7-9-4-5-11(14)10(13)6-9/h4-6,8,12,16H,3,7,15H2,1-2H3. The lowest BCUT2D eigenvalue weighted by Crippen LogP contribution is -2.45. The molecule has 0 amide bonds. The number of halogens is 2. The number of benzene rings is 1. The molecule has 3 nitrogen and oxygen atoms in total. The third-order valence-corrected chi connectivity index (χ3v) is 2.94. The topological polar surface area (TPSA) is 47.3 Å². The van der Waals surface area contributed by atoms with E-state index in [-0.39, 0.29) is 17.2 Å². The molecule has 0 aliphatic heterocycles. The molecule has 2 unspecified atom stereocenters. The van der Waals surface area contributed by atoms with Gasteiger partial charge in [0.25, 0.3) is 0 Å². The Morgan fingerprint density at radius 3 is 2.76 bits per heavy atom. The van der Waals surface area contributed by atoms with Crippen molar-refractivity contribution in [3.63, 3.8) is 0 Å². The average molecular weight is 261 g/mol. The lowest BCUT2D eigenvalue weighted by molar-refractivity contribution is 0.0476. The predicted octanol–water partition coefficient (Wildman–Crippen LogP) is 2.28. The number of hydrazine groups is 1. The van der Waals surface area contributed by atoms with Crippen LogP contribution in [0.5, 0.6) is 0 Å². The summed E-state index contributed by atoms with van der Waals surface area (Å²) in [5, 5.41) is 0.127. The molecule has 0 radical (unpaired) electrons. The van der Waals surface area contributed by atoms with E-state index < -0.39 is 5.82 Å². The Morgan fingerprint density at radius 2 is 2.24 bits per heavy atom. The van der Waals surface area contributed by atoms with Crippen LogP contribution in [0.2, 0.25) is 5.02 Å². The molecule has 2 atom stereocenters. The molecule has 0 spiro atoms. The van der Waals surface area contributed by atoms with Gasteiger partial charge in [0, 0.05) is 6.61 Å². The molecule has 5 heteroatoms. The summed E-state index contributed by atoms with van der Waals surface area (Å²) >= 11 is 5.72. The largest absolute Gasteiger partial charge is 0.377 e. The molecule has 0 heterocycles. The van der Waals surface area contributed by atoms with Gasteiger partial charge in [-0.25, -0.2) is 4.39 Å². The summed E-state index contributed by atoms with van der Waals surface area (Å²) in [4.78, 5) is 0. The molecule has 1 aromatic carbocycles. The van der Waals surface area contributed by atoms with Crippen molar-refractivity contribution in [1.82, 2.24) is 5.43 Å². The van der Waals surface area contributed by atoms with Crippen LogP contribution in [0.25, 0.3) is 0 Å². The fraction of sp³-hybridized carbons (Fsp3) is 0.500. The Hall–Kier alpha value is -0.680. The van der Waals surface area contributed by atoms with E-state index in [1.807, 2.05) is 13.8 Å². The average Bonchev–Trinajstić information content (AvgIpc) is 2.30. The van der Waals surface area contributed by atoms with Crippen LogP contribution >= 0.6 is 11.6 Å². The van der Waals surface area contributed by atoms with Crippen LogP contribution in [-0.4, -0.2) is 18.8 Å². The van der Waals surface area contributed by atoms with Gasteiger partial charge < -0.3 is 4.74 Å². The summed E-state index contributed by atoms with van der Waals surface area (Å²) < 4.78 is 18.5. The van der Waals surface area contributed by atoms with Gasteiger partial charge in [0.1, 0.15) is 5.82 Å². The number of hydrogen-bond donors (Lipinski definition) is 2. The Morgan fingerprint density at radius 1 is 1.53 bits per heavy atom. The third-order valence-electron chi connectivity index (χ3n) is 2.65.